The first-order valence-corrected chi connectivity index (χ1v) is 7.52. The summed E-state index contributed by atoms with van der Waals surface area (Å²) >= 11 is 0. The average Bonchev–Trinajstić information content (AvgIpc) is 2.56. The van der Waals surface area contributed by atoms with E-state index in [1.54, 1.807) is 7.05 Å². The van der Waals surface area contributed by atoms with Crippen LogP contribution in [0.2, 0.25) is 0 Å². The Kier molecular flexibility index (Phi) is 8.85. The predicted molar refractivity (Wildman–Crippen MR) is 110 cm³/mol. The second kappa shape index (κ2) is 10.6. The van der Waals surface area contributed by atoms with E-state index in [2.05, 4.69) is 33.1 Å². The van der Waals surface area contributed by atoms with Crippen LogP contribution in [0, 0.1) is 0 Å². The maximum atomic E-state index is 11.1. The molecule has 0 radical (unpaired) electrons. The lowest BCUT2D eigenvalue weighted by atomic mass is 10.2. The summed E-state index contributed by atoms with van der Waals surface area (Å²) in [6.45, 7) is 2.84. The van der Waals surface area contributed by atoms with Crippen LogP contribution in [0.25, 0.3) is 0 Å². The van der Waals surface area contributed by atoms with E-state index >= 15 is 0 Å². The largest absolute Gasteiger partial charge is 0.352 e. The summed E-state index contributed by atoms with van der Waals surface area (Å²) in [5.74, 6) is 0.661. The van der Waals surface area contributed by atoms with Gasteiger partial charge in [0.2, 0.25) is 5.91 Å². The summed E-state index contributed by atoms with van der Waals surface area (Å²) in [5.41, 5.74) is 3.06. The molecule has 1 amide bonds. The number of benzene rings is 2. The van der Waals surface area contributed by atoms with Crippen LogP contribution in [0.3, 0.4) is 0 Å². The third-order valence-corrected chi connectivity index (χ3v) is 3.23. The number of halogens is 1. The van der Waals surface area contributed by atoms with E-state index in [0.29, 0.717) is 13.1 Å². The molecule has 5 nitrogen and oxygen atoms in total. The molecule has 3 N–H and O–H groups in total. The van der Waals surface area contributed by atoms with E-state index in [1.807, 2.05) is 42.5 Å². The summed E-state index contributed by atoms with van der Waals surface area (Å²) in [6, 6.07) is 17.9. The van der Waals surface area contributed by atoms with Gasteiger partial charge < -0.3 is 16.0 Å². The van der Waals surface area contributed by atoms with Gasteiger partial charge in [0.1, 0.15) is 0 Å². The van der Waals surface area contributed by atoms with Gasteiger partial charge in [-0.25, -0.2) is 0 Å². The molecule has 0 heterocycles. The molecule has 24 heavy (non-hydrogen) atoms. The SMILES string of the molecule is CN=C(NCc1ccccc1)NCc1cccc(NC(C)=O)c1.I. The van der Waals surface area contributed by atoms with Crippen LogP contribution in [0.4, 0.5) is 5.69 Å². The van der Waals surface area contributed by atoms with Gasteiger partial charge >= 0.3 is 0 Å². The number of rotatable bonds is 5. The standard InChI is InChI=1S/C18H22N4O.HI/c1-14(23)22-17-10-6-9-16(11-17)13-21-18(19-2)20-12-15-7-4-3-5-8-15;/h3-11H,12-13H2,1-2H3,(H,22,23)(H2,19,20,21);1H. The molecule has 2 aromatic rings. The molecule has 0 unspecified atom stereocenters. The lowest BCUT2D eigenvalue weighted by Crippen LogP contribution is -2.36. The van der Waals surface area contributed by atoms with Crippen LogP contribution < -0.4 is 16.0 Å². The zero-order valence-corrected chi connectivity index (χ0v) is 16.2. The van der Waals surface area contributed by atoms with Gasteiger partial charge in [-0.05, 0) is 23.3 Å². The Morgan fingerprint density at radius 2 is 1.58 bits per heavy atom. The monoisotopic (exact) mass is 438 g/mol. The summed E-state index contributed by atoms with van der Waals surface area (Å²) in [5, 5.41) is 9.32. The molecule has 6 heteroatoms. The number of guanidine groups is 1. The van der Waals surface area contributed by atoms with E-state index in [9.17, 15) is 4.79 Å². The molecular formula is C18H23IN4O. The molecule has 0 atom stereocenters. The summed E-state index contributed by atoms with van der Waals surface area (Å²) < 4.78 is 0. The van der Waals surface area contributed by atoms with Crippen molar-refractivity contribution in [3.8, 4) is 0 Å². The Hall–Kier alpha value is -2.09. The molecule has 0 fully saturated rings. The van der Waals surface area contributed by atoms with Crippen LogP contribution in [0.15, 0.2) is 59.6 Å². The first kappa shape index (κ1) is 20.0. The summed E-state index contributed by atoms with van der Waals surface area (Å²) in [7, 11) is 1.74. The highest BCUT2D eigenvalue weighted by molar-refractivity contribution is 14.0. The van der Waals surface area contributed by atoms with E-state index in [0.717, 1.165) is 17.2 Å². The Balaban J connectivity index is 0.00000288. The highest BCUT2D eigenvalue weighted by Gasteiger charge is 2.01. The van der Waals surface area contributed by atoms with Crippen molar-refractivity contribution >= 4 is 41.5 Å². The van der Waals surface area contributed by atoms with E-state index in [-0.39, 0.29) is 29.9 Å². The lowest BCUT2D eigenvalue weighted by molar-refractivity contribution is -0.114. The molecule has 0 aliphatic heterocycles. The first-order chi connectivity index (χ1) is 11.2. The number of aliphatic imine (C=N–C) groups is 1. The van der Waals surface area contributed by atoms with Gasteiger partial charge in [0.15, 0.2) is 5.96 Å². The number of carbonyl (C=O) groups is 1. The highest BCUT2D eigenvalue weighted by Crippen LogP contribution is 2.10. The minimum atomic E-state index is -0.0737. The number of amides is 1. The molecular weight excluding hydrogens is 415 g/mol. The third-order valence-electron chi connectivity index (χ3n) is 3.23. The Bertz CT molecular complexity index is 674. The second-order valence-corrected chi connectivity index (χ2v) is 5.15. The second-order valence-electron chi connectivity index (χ2n) is 5.15. The Morgan fingerprint density at radius 1 is 0.958 bits per heavy atom. The van der Waals surface area contributed by atoms with Gasteiger partial charge in [-0.3, -0.25) is 9.79 Å². The van der Waals surface area contributed by atoms with Crippen molar-refractivity contribution in [2.45, 2.75) is 20.0 Å². The number of anilines is 1. The molecule has 0 aliphatic rings. The van der Waals surface area contributed by atoms with Crippen molar-refractivity contribution in [1.29, 1.82) is 0 Å². The molecule has 0 aromatic heterocycles. The van der Waals surface area contributed by atoms with Crippen molar-refractivity contribution in [2.75, 3.05) is 12.4 Å². The quantitative estimate of drug-likeness (QED) is 0.382. The van der Waals surface area contributed by atoms with Crippen molar-refractivity contribution in [3.05, 3.63) is 65.7 Å². The molecule has 128 valence electrons. The topological polar surface area (TPSA) is 65.5 Å². The maximum Gasteiger partial charge on any atom is 0.221 e. The number of nitrogens with one attached hydrogen (secondary N) is 3. The van der Waals surface area contributed by atoms with Crippen molar-refractivity contribution in [1.82, 2.24) is 10.6 Å². The van der Waals surface area contributed by atoms with Gasteiger partial charge in [0.25, 0.3) is 0 Å². The van der Waals surface area contributed by atoms with Crippen LogP contribution in [-0.2, 0) is 17.9 Å². The molecule has 2 rings (SSSR count). The van der Waals surface area contributed by atoms with Crippen molar-refractivity contribution in [3.63, 3.8) is 0 Å². The van der Waals surface area contributed by atoms with Gasteiger partial charge in [-0.15, -0.1) is 24.0 Å². The Morgan fingerprint density at radius 3 is 2.21 bits per heavy atom. The number of hydrogen-bond acceptors (Lipinski definition) is 2. The fraction of sp³-hybridized carbons (Fsp3) is 0.222. The normalized spacial score (nSPS) is 10.5. The minimum Gasteiger partial charge on any atom is -0.352 e. The van der Waals surface area contributed by atoms with Crippen LogP contribution in [0.1, 0.15) is 18.1 Å². The smallest absolute Gasteiger partial charge is 0.221 e. The predicted octanol–water partition coefficient (Wildman–Crippen LogP) is 3.13. The number of carbonyl (C=O) groups excluding carboxylic acids is 1. The molecule has 0 saturated heterocycles. The molecule has 2 aromatic carbocycles. The summed E-state index contributed by atoms with van der Waals surface area (Å²) in [6.07, 6.45) is 0. The van der Waals surface area contributed by atoms with E-state index in [1.165, 1.54) is 12.5 Å². The first-order valence-electron chi connectivity index (χ1n) is 7.52. The van der Waals surface area contributed by atoms with Gasteiger partial charge in [-0.1, -0.05) is 42.5 Å². The number of nitrogens with zero attached hydrogens (tertiary/aromatic N) is 1. The van der Waals surface area contributed by atoms with Gasteiger partial charge in [0, 0.05) is 32.7 Å². The molecule has 0 saturated carbocycles. The zero-order chi connectivity index (χ0) is 16.5. The fourth-order valence-electron chi connectivity index (χ4n) is 2.15. The highest BCUT2D eigenvalue weighted by atomic mass is 127. The van der Waals surface area contributed by atoms with Crippen LogP contribution in [-0.4, -0.2) is 18.9 Å². The molecule has 0 spiro atoms. The third kappa shape index (κ3) is 6.99. The molecule has 0 aliphatic carbocycles. The van der Waals surface area contributed by atoms with E-state index in [4.69, 9.17) is 0 Å². The maximum absolute atomic E-state index is 11.1. The van der Waals surface area contributed by atoms with Crippen molar-refractivity contribution < 1.29 is 4.79 Å². The fourth-order valence-corrected chi connectivity index (χ4v) is 2.15. The van der Waals surface area contributed by atoms with Gasteiger partial charge in [-0.2, -0.15) is 0 Å². The Labute approximate surface area is 160 Å². The average molecular weight is 438 g/mol. The van der Waals surface area contributed by atoms with Gasteiger partial charge in [0.05, 0.1) is 0 Å². The zero-order valence-electron chi connectivity index (χ0n) is 13.9. The minimum absolute atomic E-state index is 0. The van der Waals surface area contributed by atoms with E-state index < -0.39 is 0 Å². The molecule has 0 bridgehead atoms. The summed E-state index contributed by atoms with van der Waals surface area (Å²) in [4.78, 5) is 15.3. The van der Waals surface area contributed by atoms with Crippen molar-refractivity contribution in [2.24, 2.45) is 4.99 Å². The van der Waals surface area contributed by atoms with Crippen LogP contribution >= 0.6 is 24.0 Å². The lowest BCUT2D eigenvalue weighted by Gasteiger charge is -2.12. The number of hydrogen-bond donors (Lipinski definition) is 3. The van der Waals surface area contributed by atoms with Crippen LogP contribution in [0.5, 0.6) is 0 Å².